The highest BCUT2D eigenvalue weighted by Gasteiger charge is 2.34. The first-order chi connectivity index (χ1) is 11.3. The molecule has 1 aromatic carbocycles. The van der Waals surface area contributed by atoms with E-state index in [0.717, 1.165) is 52.2 Å². The number of amides is 1. The Morgan fingerprint density at radius 3 is 2.40 bits per heavy atom. The molecule has 1 aromatic rings. The molecular formula is C18H29Cl2N3O2. The average Bonchev–Trinajstić information content (AvgIpc) is 2.62. The highest BCUT2D eigenvalue weighted by molar-refractivity contribution is 5.85. The molecule has 2 aliphatic heterocycles. The maximum atomic E-state index is 12.3. The number of carbonyl (C=O) groups is 1. The quantitative estimate of drug-likeness (QED) is 0.802. The number of halogens is 2. The van der Waals surface area contributed by atoms with Gasteiger partial charge in [0.2, 0.25) is 5.91 Å². The third-order valence-corrected chi connectivity index (χ3v) is 5.04. The van der Waals surface area contributed by atoms with Crippen LogP contribution < -0.4 is 10.6 Å². The maximum Gasteiger partial charge on any atom is 0.234 e. The summed E-state index contributed by atoms with van der Waals surface area (Å²) in [6.45, 7) is 6.58. The molecule has 0 saturated carbocycles. The van der Waals surface area contributed by atoms with Crippen LogP contribution in [0.25, 0.3) is 0 Å². The summed E-state index contributed by atoms with van der Waals surface area (Å²) in [5.74, 6) is 0.133. The molecule has 2 fully saturated rings. The van der Waals surface area contributed by atoms with Gasteiger partial charge >= 0.3 is 0 Å². The van der Waals surface area contributed by atoms with Crippen molar-refractivity contribution in [2.24, 2.45) is 0 Å². The first-order valence-corrected chi connectivity index (χ1v) is 8.62. The Hall–Kier alpha value is -0.850. The van der Waals surface area contributed by atoms with E-state index in [9.17, 15) is 4.79 Å². The third-order valence-electron chi connectivity index (χ3n) is 5.04. The standard InChI is InChI=1S/C18H27N3O2.2ClH/c22-17(14-21-10-8-19-9-11-21)20-15-18(6-12-23-13-7-18)16-4-2-1-3-5-16;;/h1-5,19H,6-15H2,(H,20,22);2*1H. The lowest BCUT2D eigenvalue weighted by Crippen LogP contribution is -2.50. The van der Waals surface area contributed by atoms with Crippen molar-refractivity contribution in [2.45, 2.75) is 18.3 Å². The average molecular weight is 390 g/mol. The molecule has 0 unspecified atom stereocenters. The summed E-state index contributed by atoms with van der Waals surface area (Å²) in [6.07, 6.45) is 1.93. The highest BCUT2D eigenvalue weighted by Crippen LogP contribution is 2.34. The summed E-state index contributed by atoms with van der Waals surface area (Å²) in [5.41, 5.74) is 1.32. The van der Waals surface area contributed by atoms with Gasteiger partial charge in [-0.25, -0.2) is 0 Å². The number of benzene rings is 1. The Labute approximate surface area is 162 Å². The van der Waals surface area contributed by atoms with Gasteiger partial charge in [-0.15, -0.1) is 24.8 Å². The molecule has 25 heavy (non-hydrogen) atoms. The van der Waals surface area contributed by atoms with Gasteiger partial charge in [-0.2, -0.15) is 0 Å². The number of nitrogens with zero attached hydrogens (tertiary/aromatic N) is 1. The molecule has 7 heteroatoms. The zero-order chi connectivity index (χ0) is 16.0. The molecule has 0 radical (unpaired) electrons. The fourth-order valence-electron chi connectivity index (χ4n) is 3.52. The molecule has 0 spiro atoms. The molecule has 1 amide bonds. The van der Waals surface area contributed by atoms with Gasteiger partial charge < -0.3 is 15.4 Å². The molecule has 2 heterocycles. The van der Waals surface area contributed by atoms with Gasteiger partial charge in [0.15, 0.2) is 0 Å². The van der Waals surface area contributed by atoms with Crippen molar-refractivity contribution in [2.75, 3.05) is 52.5 Å². The number of hydrogen-bond acceptors (Lipinski definition) is 4. The van der Waals surface area contributed by atoms with Crippen LogP contribution in [0.15, 0.2) is 30.3 Å². The Morgan fingerprint density at radius 2 is 1.76 bits per heavy atom. The van der Waals surface area contributed by atoms with Gasteiger partial charge in [-0.1, -0.05) is 30.3 Å². The zero-order valence-electron chi connectivity index (χ0n) is 14.5. The predicted molar refractivity (Wildman–Crippen MR) is 105 cm³/mol. The Balaban J connectivity index is 0.00000156. The molecule has 5 nitrogen and oxygen atoms in total. The van der Waals surface area contributed by atoms with Gasteiger partial charge in [0.05, 0.1) is 6.54 Å². The molecule has 0 atom stereocenters. The van der Waals surface area contributed by atoms with E-state index in [-0.39, 0.29) is 36.1 Å². The second kappa shape index (κ2) is 11.0. The highest BCUT2D eigenvalue weighted by atomic mass is 35.5. The molecule has 0 aliphatic carbocycles. The van der Waals surface area contributed by atoms with Crippen LogP contribution in [-0.2, 0) is 14.9 Å². The number of ether oxygens (including phenoxy) is 1. The van der Waals surface area contributed by atoms with Gasteiger partial charge in [0.1, 0.15) is 0 Å². The topological polar surface area (TPSA) is 53.6 Å². The molecule has 142 valence electrons. The van der Waals surface area contributed by atoms with Crippen molar-refractivity contribution < 1.29 is 9.53 Å². The number of piperazine rings is 1. The minimum atomic E-state index is 0. The smallest absolute Gasteiger partial charge is 0.234 e. The minimum absolute atomic E-state index is 0. The first-order valence-electron chi connectivity index (χ1n) is 8.62. The maximum absolute atomic E-state index is 12.3. The molecule has 2 saturated heterocycles. The second-order valence-corrected chi connectivity index (χ2v) is 6.56. The van der Waals surface area contributed by atoms with Gasteiger partial charge in [0, 0.05) is 51.4 Å². The van der Waals surface area contributed by atoms with E-state index in [4.69, 9.17) is 4.74 Å². The summed E-state index contributed by atoms with van der Waals surface area (Å²) in [5, 5.41) is 6.49. The minimum Gasteiger partial charge on any atom is -0.381 e. The van der Waals surface area contributed by atoms with Crippen LogP contribution in [-0.4, -0.2) is 63.3 Å². The lowest BCUT2D eigenvalue weighted by molar-refractivity contribution is -0.122. The van der Waals surface area contributed by atoms with Crippen LogP contribution in [0.5, 0.6) is 0 Å². The zero-order valence-corrected chi connectivity index (χ0v) is 16.2. The molecular weight excluding hydrogens is 361 g/mol. The van der Waals surface area contributed by atoms with E-state index in [2.05, 4.69) is 39.8 Å². The van der Waals surface area contributed by atoms with Gasteiger partial charge in [0.25, 0.3) is 0 Å². The van der Waals surface area contributed by atoms with E-state index in [0.29, 0.717) is 13.1 Å². The number of nitrogens with one attached hydrogen (secondary N) is 2. The van der Waals surface area contributed by atoms with E-state index >= 15 is 0 Å². The summed E-state index contributed by atoms with van der Waals surface area (Å²) in [4.78, 5) is 14.5. The summed E-state index contributed by atoms with van der Waals surface area (Å²) in [6, 6.07) is 10.5. The van der Waals surface area contributed by atoms with Crippen LogP contribution >= 0.6 is 24.8 Å². The number of carbonyl (C=O) groups excluding carboxylic acids is 1. The molecule has 2 N–H and O–H groups in total. The van der Waals surface area contributed by atoms with Crippen molar-refractivity contribution in [3.63, 3.8) is 0 Å². The molecule has 0 aromatic heterocycles. The van der Waals surface area contributed by atoms with Crippen molar-refractivity contribution >= 4 is 30.7 Å². The Morgan fingerprint density at radius 1 is 1.12 bits per heavy atom. The second-order valence-electron chi connectivity index (χ2n) is 6.56. The van der Waals surface area contributed by atoms with Crippen molar-refractivity contribution in [1.82, 2.24) is 15.5 Å². The van der Waals surface area contributed by atoms with E-state index in [1.807, 2.05) is 6.07 Å². The van der Waals surface area contributed by atoms with E-state index in [1.165, 1.54) is 5.56 Å². The van der Waals surface area contributed by atoms with E-state index in [1.54, 1.807) is 0 Å². The van der Waals surface area contributed by atoms with Crippen LogP contribution in [0.2, 0.25) is 0 Å². The predicted octanol–water partition coefficient (Wildman–Crippen LogP) is 1.60. The Bertz CT molecular complexity index is 504. The first kappa shape index (κ1) is 22.2. The summed E-state index contributed by atoms with van der Waals surface area (Å²) in [7, 11) is 0. The normalized spacial score (nSPS) is 20.0. The summed E-state index contributed by atoms with van der Waals surface area (Å²) >= 11 is 0. The lowest BCUT2D eigenvalue weighted by atomic mass is 9.74. The summed E-state index contributed by atoms with van der Waals surface area (Å²) < 4.78 is 5.55. The van der Waals surface area contributed by atoms with Crippen LogP contribution in [0.1, 0.15) is 18.4 Å². The van der Waals surface area contributed by atoms with E-state index < -0.39 is 0 Å². The lowest BCUT2D eigenvalue weighted by Gasteiger charge is -2.38. The fourth-order valence-corrected chi connectivity index (χ4v) is 3.52. The number of hydrogen-bond donors (Lipinski definition) is 2. The SMILES string of the molecule is Cl.Cl.O=C(CN1CCNCC1)NCC1(c2ccccc2)CCOCC1. The monoisotopic (exact) mass is 389 g/mol. The van der Waals surface area contributed by atoms with Crippen LogP contribution in [0.4, 0.5) is 0 Å². The van der Waals surface area contributed by atoms with Gasteiger partial charge in [-0.3, -0.25) is 9.69 Å². The van der Waals surface area contributed by atoms with Crippen molar-refractivity contribution in [3.8, 4) is 0 Å². The van der Waals surface area contributed by atoms with Crippen LogP contribution in [0.3, 0.4) is 0 Å². The molecule has 0 bridgehead atoms. The van der Waals surface area contributed by atoms with Crippen molar-refractivity contribution in [3.05, 3.63) is 35.9 Å². The van der Waals surface area contributed by atoms with Crippen LogP contribution in [0, 0.1) is 0 Å². The molecule has 2 aliphatic rings. The largest absolute Gasteiger partial charge is 0.381 e. The Kier molecular flexibility index (Phi) is 9.75. The third kappa shape index (κ3) is 6.12. The fraction of sp³-hybridized carbons (Fsp3) is 0.611. The number of rotatable bonds is 5. The molecule has 3 rings (SSSR count). The van der Waals surface area contributed by atoms with Gasteiger partial charge in [-0.05, 0) is 18.4 Å². The van der Waals surface area contributed by atoms with Crippen molar-refractivity contribution in [1.29, 1.82) is 0 Å².